The average Bonchev–Trinajstić information content (AvgIpc) is 3.67. The number of fused-ring (bicyclic) bond motifs is 4. The zero-order valence-corrected chi connectivity index (χ0v) is 30.1. The van der Waals surface area contributed by atoms with Gasteiger partial charge in [0.1, 0.15) is 0 Å². The van der Waals surface area contributed by atoms with Gasteiger partial charge in [0.05, 0.1) is 22.4 Å². The first-order valence-corrected chi connectivity index (χ1v) is 22.1. The van der Waals surface area contributed by atoms with Gasteiger partial charge in [0.2, 0.25) is 5.71 Å². The summed E-state index contributed by atoms with van der Waals surface area (Å²) in [6.07, 6.45) is 1.74. The molecule has 0 fully saturated rings. The van der Waals surface area contributed by atoms with Crippen molar-refractivity contribution in [1.82, 2.24) is 19.5 Å². The number of nitrogens with zero attached hydrogens (tertiary/aromatic N) is 4. The van der Waals surface area contributed by atoms with Gasteiger partial charge in [-0.15, -0.1) is 18.2 Å². The minimum Gasteiger partial charge on any atom is -0.486 e. The standard InChI is InChI=1S/C24H14N3O.C15H18GeN.Ir/c1-2-8-16(9-3-1)27-21-14-5-4-13-20(21)26-23(27)19-11-6-10-17-18-12-7-15-25-24(18)28-22(17)19;1-12-14(16(2,3)4)10-11-15(17-12)13-8-6-5-7-9-13;/h1-10,12-15H;5-8,10-11H,1-4H3;/q2*-1;/i;1D3;. The number of aryl methyl sites for hydroxylation is 1. The second-order valence-electron chi connectivity index (χ2n) is 11.8. The molecule has 4 heterocycles. The number of para-hydroxylation sites is 3. The Morgan fingerprint density at radius 3 is 2.35 bits per heavy atom. The van der Waals surface area contributed by atoms with Gasteiger partial charge in [-0.05, 0) is 36.4 Å². The van der Waals surface area contributed by atoms with Gasteiger partial charge in [-0.2, -0.15) is 0 Å². The molecule has 0 unspecified atom stereocenters. The predicted molar refractivity (Wildman–Crippen MR) is 187 cm³/mol. The van der Waals surface area contributed by atoms with Gasteiger partial charge in [-0.3, -0.25) is 4.98 Å². The Balaban J connectivity index is 0.000000177. The smallest absolute Gasteiger partial charge is 0.216 e. The van der Waals surface area contributed by atoms with Crippen molar-refractivity contribution >= 4 is 50.8 Å². The number of hydrogen-bond acceptors (Lipinski definition) is 4. The van der Waals surface area contributed by atoms with Crippen LogP contribution in [0.2, 0.25) is 17.3 Å². The molecule has 0 aliphatic rings. The Kier molecular flexibility index (Phi) is 7.99. The van der Waals surface area contributed by atoms with E-state index in [2.05, 4.69) is 62.1 Å². The van der Waals surface area contributed by atoms with E-state index in [0.29, 0.717) is 11.4 Å². The second kappa shape index (κ2) is 13.2. The number of pyridine rings is 2. The van der Waals surface area contributed by atoms with Crippen molar-refractivity contribution in [2.75, 3.05) is 0 Å². The maximum atomic E-state index is 7.74. The van der Waals surface area contributed by atoms with E-state index in [1.54, 1.807) is 6.20 Å². The molecule has 4 aromatic heterocycles. The number of aromatic nitrogens is 4. The van der Waals surface area contributed by atoms with Crippen LogP contribution in [0.4, 0.5) is 0 Å². The summed E-state index contributed by atoms with van der Waals surface area (Å²) < 4.78 is 32.5. The fourth-order valence-corrected chi connectivity index (χ4v) is 8.37. The molecule has 0 saturated carbocycles. The fourth-order valence-electron chi connectivity index (χ4n) is 5.54. The molecule has 8 rings (SSSR count). The molecule has 0 saturated heterocycles. The molecule has 0 atom stereocenters. The van der Waals surface area contributed by atoms with E-state index in [4.69, 9.17) is 13.5 Å². The minimum atomic E-state index is -2.27. The van der Waals surface area contributed by atoms with Crippen molar-refractivity contribution in [2.24, 2.45) is 0 Å². The first-order valence-electron chi connectivity index (χ1n) is 16.3. The normalized spacial score (nSPS) is 12.5. The summed E-state index contributed by atoms with van der Waals surface area (Å²) in [5.41, 5.74) is 6.99. The van der Waals surface area contributed by atoms with E-state index >= 15 is 0 Å². The fraction of sp³-hybridized carbons (Fsp3) is 0.103. The van der Waals surface area contributed by atoms with Crippen LogP contribution in [0.3, 0.4) is 0 Å². The Bertz CT molecular complexity index is 2380. The molecule has 46 heavy (non-hydrogen) atoms. The van der Waals surface area contributed by atoms with Gasteiger partial charge in [-0.25, -0.2) is 4.98 Å². The maximum Gasteiger partial charge on any atom is 0.216 e. The summed E-state index contributed by atoms with van der Waals surface area (Å²) in [6, 6.07) is 44.1. The van der Waals surface area contributed by atoms with Crippen LogP contribution in [-0.4, -0.2) is 32.8 Å². The molecule has 8 aromatic rings. The largest absolute Gasteiger partial charge is 0.486 e. The molecule has 1 radical (unpaired) electrons. The Labute approximate surface area is 289 Å². The summed E-state index contributed by atoms with van der Waals surface area (Å²) in [7, 11) is 0. The average molecular weight is 841 g/mol. The Morgan fingerprint density at radius 2 is 1.57 bits per heavy atom. The maximum absolute atomic E-state index is 7.74. The molecule has 0 bridgehead atoms. The van der Waals surface area contributed by atoms with E-state index in [-0.39, 0.29) is 25.8 Å². The van der Waals surface area contributed by atoms with Crippen molar-refractivity contribution in [3.8, 4) is 28.3 Å². The molecule has 0 spiro atoms. The van der Waals surface area contributed by atoms with Crippen molar-refractivity contribution in [3.05, 3.63) is 139 Å². The third-order valence-electron chi connectivity index (χ3n) is 7.70. The summed E-state index contributed by atoms with van der Waals surface area (Å²) >= 11 is -2.27. The third-order valence-corrected chi connectivity index (χ3v) is 11.9. The second-order valence-corrected chi connectivity index (χ2v) is 22.3. The number of rotatable bonds is 4. The predicted octanol–water partition coefficient (Wildman–Crippen LogP) is 9.19. The monoisotopic (exact) mass is 842 g/mol. The Hall–Kier alpha value is -4.36. The van der Waals surface area contributed by atoms with E-state index in [1.165, 1.54) is 0 Å². The van der Waals surface area contributed by atoms with Crippen molar-refractivity contribution in [3.63, 3.8) is 0 Å². The molecule has 4 aromatic carbocycles. The van der Waals surface area contributed by atoms with Gasteiger partial charge in [-0.1, -0.05) is 41.3 Å². The van der Waals surface area contributed by atoms with Crippen molar-refractivity contribution < 1.29 is 28.6 Å². The molecule has 0 aliphatic carbocycles. The third kappa shape index (κ3) is 6.08. The minimum absolute atomic E-state index is 0. The quantitative estimate of drug-likeness (QED) is 0.131. The molecule has 229 valence electrons. The van der Waals surface area contributed by atoms with Gasteiger partial charge < -0.3 is 8.98 Å². The van der Waals surface area contributed by atoms with E-state index in [0.717, 1.165) is 54.4 Å². The Morgan fingerprint density at radius 1 is 0.761 bits per heavy atom. The van der Waals surface area contributed by atoms with Crippen LogP contribution in [-0.2, 0) is 20.1 Å². The van der Waals surface area contributed by atoms with Gasteiger partial charge in [0.25, 0.3) is 0 Å². The van der Waals surface area contributed by atoms with Gasteiger partial charge >= 0.3 is 110 Å². The topological polar surface area (TPSA) is 56.7 Å². The SMILES string of the molecule is [2H]C([2H])([2H])c1nc(-c2[c-]cccc2)cc[c]1[Ge]([CH3])([CH3])[CH3].[Ir].[c-]1ccc2c(oc3ncccc32)c1-c1nc2ccccc2n1-c1ccccc1. The summed E-state index contributed by atoms with van der Waals surface area (Å²) in [5.74, 6) is 7.35. The van der Waals surface area contributed by atoms with E-state index in [1.807, 2.05) is 97.1 Å². The number of furan rings is 1. The number of hydrogen-bond donors (Lipinski definition) is 0. The van der Waals surface area contributed by atoms with Crippen LogP contribution < -0.4 is 4.40 Å². The summed E-state index contributed by atoms with van der Waals surface area (Å²) in [5, 5.41) is 2.01. The number of imidazole rings is 1. The zero-order valence-electron chi connectivity index (χ0n) is 28.6. The summed E-state index contributed by atoms with van der Waals surface area (Å²) in [6.45, 7) is -2.17. The van der Waals surface area contributed by atoms with Crippen LogP contribution in [0.1, 0.15) is 9.81 Å². The van der Waals surface area contributed by atoms with Crippen LogP contribution in [0.5, 0.6) is 0 Å². The van der Waals surface area contributed by atoms with Gasteiger partial charge in [0, 0.05) is 37.4 Å². The van der Waals surface area contributed by atoms with Crippen LogP contribution in [0.25, 0.3) is 61.4 Å². The van der Waals surface area contributed by atoms with E-state index in [9.17, 15) is 0 Å². The molecule has 5 nitrogen and oxygen atoms in total. The van der Waals surface area contributed by atoms with E-state index < -0.39 is 20.1 Å². The summed E-state index contributed by atoms with van der Waals surface area (Å²) in [4.78, 5) is 13.7. The van der Waals surface area contributed by atoms with Crippen molar-refractivity contribution in [1.29, 1.82) is 0 Å². The van der Waals surface area contributed by atoms with Crippen LogP contribution in [0, 0.1) is 19.0 Å². The molecule has 7 heteroatoms. The van der Waals surface area contributed by atoms with Gasteiger partial charge in [0.15, 0.2) is 0 Å². The zero-order chi connectivity index (χ0) is 33.5. The first kappa shape index (κ1) is 27.9. The van der Waals surface area contributed by atoms with Crippen LogP contribution in [0.15, 0.2) is 126 Å². The first-order chi connectivity index (χ1) is 23.1. The van der Waals surface area contributed by atoms with Crippen LogP contribution >= 0.6 is 0 Å². The molecular formula is C39H32GeIrN4O-2. The molecule has 0 N–H and O–H groups in total. The number of benzene rings is 4. The molecule has 0 aliphatic heterocycles. The molecule has 0 amide bonds. The molecular weight excluding hydrogens is 805 g/mol. The van der Waals surface area contributed by atoms with Crippen molar-refractivity contribution in [2.45, 2.75) is 24.1 Å².